The molecule has 0 atom stereocenters. The molecule has 0 radical (unpaired) electrons. The van der Waals surface area contributed by atoms with Crippen molar-refractivity contribution in [3.63, 3.8) is 0 Å². The molecule has 0 amide bonds. The highest BCUT2D eigenvalue weighted by Crippen LogP contribution is 2.20. The minimum absolute atomic E-state index is 0.00127. The third-order valence-electron chi connectivity index (χ3n) is 3.83. The molecule has 0 aliphatic heterocycles. The maximum Gasteiger partial charge on any atom is 0.240 e. The summed E-state index contributed by atoms with van der Waals surface area (Å²) in [6.45, 7) is 2.05. The number of benzene rings is 2. The minimum Gasteiger partial charge on any atom is -0.475 e. The highest BCUT2D eigenvalue weighted by Gasteiger charge is 2.15. The molecule has 0 spiro atoms. The number of ether oxygens (including phenoxy) is 1. The predicted molar refractivity (Wildman–Crippen MR) is 104 cm³/mol. The molecular weight excluding hydrogens is 405 g/mol. The Kier molecular flexibility index (Phi) is 6.23. The minimum atomic E-state index is -3.82. The lowest BCUT2D eigenvalue weighted by Gasteiger charge is -2.08. The Hall–Kier alpha value is -2.55. The lowest BCUT2D eigenvalue weighted by molar-refractivity contribution is 0.307. The van der Waals surface area contributed by atoms with Crippen LogP contribution in [0.2, 0.25) is 5.02 Å². The fourth-order valence-corrected chi connectivity index (χ4v) is 3.62. The van der Waals surface area contributed by atoms with Gasteiger partial charge in [0.15, 0.2) is 0 Å². The number of sulfonamides is 1. The van der Waals surface area contributed by atoms with Crippen LogP contribution in [-0.4, -0.2) is 31.8 Å². The molecule has 6 nitrogen and oxygen atoms in total. The van der Waals surface area contributed by atoms with Crippen LogP contribution >= 0.6 is 11.6 Å². The van der Waals surface area contributed by atoms with Crippen LogP contribution in [-0.2, 0) is 10.0 Å². The van der Waals surface area contributed by atoms with E-state index < -0.39 is 15.8 Å². The Morgan fingerprint density at radius 3 is 2.46 bits per heavy atom. The van der Waals surface area contributed by atoms with Gasteiger partial charge in [0, 0.05) is 18.2 Å². The molecule has 3 aromatic rings. The van der Waals surface area contributed by atoms with Gasteiger partial charge in [-0.05, 0) is 31.2 Å². The summed E-state index contributed by atoms with van der Waals surface area (Å²) in [6.07, 6.45) is 0. The first kappa shape index (κ1) is 20.2. The Bertz CT molecular complexity index is 1060. The summed E-state index contributed by atoms with van der Waals surface area (Å²) >= 11 is 5.62. The number of aryl methyl sites for hydroxylation is 1. The fraction of sp³-hybridized carbons (Fsp3) is 0.158. The predicted octanol–water partition coefficient (Wildman–Crippen LogP) is 3.60. The van der Waals surface area contributed by atoms with E-state index in [4.69, 9.17) is 16.3 Å². The molecular formula is C19H17ClFN3O3S. The second-order valence-electron chi connectivity index (χ2n) is 5.94. The molecule has 1 aromatic heterocycles. The van der Waals surface area contributed by atoms with Crippen LogP contribution in [0.3, 0.4) is 0 Å². The Morgan fingerprint density at radius 2 is 1.82 bits per heavy atom. The van der Waals surface area contributed by atoms with E-state index >= 15 is 0 Å². The van der Waals surface area contributed by atoms with Crippen LogP contribution in [0.1, 0.15) is 5.56 Å². The smallest absolute Gasteiger partial charge is 0.240 e. The summed E-state index contributed by atoms with van der Waals surface area (Å²) in [4.78, 5) is -0.124. The van der Waals surface area contributed by atoms with Gasteiger partial charge in [-0.3, -0.25) is 0 Å². The van der Waals surface area contributed by atoms with E-state index in [0.717, 1.165) is 29.3 Å². The molecule has 0 aliphatic carbocycles. The Labute approximate surface area is 167 Å². The van der Waals surface area contributed by atoms with Gasteiger partial charge in [0.05, 0.1) is 15.6 Å². The fourth-order valence-electron chi connectivity index (χ4n) is 2.33. The van der Waals surface area contributed by atoms with E-state index in [1.54, 1.807) is 12.1 Å². The lowest BCUT2D eigenvalue weighted by atomic mass is 10.1. The highest BCUT2D eigenvalue weighted by atomic mass is 35.5. The van der Waals surface area contributed by atoms with Crippen molar-refractivity contribution in [3.05, 3.63) is 71.0 Å². The number of rotatable bonds is 7. The van der Waals surface area contributed by atoms with E-state index in [0.29, 0.717) is 5.69 Å². The number of halogens is 2. The van der Waals surface area contributed by atoms with Crippen LogP contribution in [0, 0.1) is 12.7 Å². The van der Waals surface area contributed by atoms with Crippen molar-refractivity contribution in [1.82, 2.24) is 14.9 Å². The van der Waals surface area contributed by atoms with Gasteiger partial charge < -0.3 is 4.74 Å². The molecule has 0 saturated heterocycles. The van der Waals surface area contributed by atoms with Gasteiger partial charge in [-0.2, -0.15) is 0 Å². The van der Waals surface area contributed by atoms with Gasteiger partial charge in [-0.1, -0.05) is 41.4 Å². The molecule has 0 aliphatic rings. The van der Waals surface area contributed by atoms with Gasteiger partial charge in [-0.15, -0.1) is 10.2 Å². The molecule has 0 fully saturated rings. The first-order valence-corrected chi connectivity index (χ1v) is 10.2. The van der Waals surface area contributed by atoms with E-state index in [-0.39, 0.29) is 28.9 Å². The summed E-state index contributed by atoms with van der Waals surface area (Å²) in [5, 5.41) is 7.83. The van der Waals surface area contributed by atoms with Crippen LogP contribution in [0.5, 0.6) is 5.88 Å². The molecule has 1 N–H and O–H groups in total. The van der Waals surface area contributed by atoms with Gasteiger partial charge in [-0.25, -0.2) is 17.5 Å². The zero-order chi connectivity index (χ0) is 20.1. The van der Waals surface area contributed by atoms with E-state index in [1.807, 2.05) is 31.2 Å². The van der Waals surface area contributed by atoms with Crippen LogP contribution in [0.4, 0.5) is 4.39 Å². The summed E-state index contributed by atoms with van der Waals surface area (Å²) in [5.74, 6) is -0.406. The summed E-state index contributed by atoms with van der Waals surface area (Å²) in [5.41, 5.74) is 2.80. The van der Waals surface area contributed by atoms with Crippen molar-refractivity contribution >= 4 is 21.6 Å². The van der Waals surface area contributed by atoms with Crippen molar-refractivity contribution in [3.8, 4) is 17.1 Å². The Balaban J connectivity index is 1.53. The zero-order valence-corrected chi connectivity index (χ0v) is 16.5. The quantitative estimate of drug-likeness (QED) is 0.589. The molecule has 0 saturated carbocycles. The van der Waals surface area contributed by atoms with Crippen molar-refractivity contribution in [2.45, 2.75) is 11.8 Å². The topological polar surface area (TPSA) is 81.2 Å². The number of aromatic nitrogens is 2. The van der Waals surface area contributed by atoms with Crippen LogP contribution in [0.15, 0.2) is 59.5 Å². The van der Waals surface area contributed by atoms with Crippen molar-refractivity contribution in [1.29, 1.82) is 0 Å². The molecule has 0 bridgehead atoms. The molecule has 0 unspecified atom stereocenters. The van der Waals surface area contributed by atoms with E-state index in [9.17, 15) is 12.8 Å². The highest BCUT2D eigenvalue weighted by molar-refractivity contribution is 7.89. The third kappa shape index (κ3) is 5.03. The molecule has 9 heteroatoms. The molecule has 146 valence electrons. The van der Waals surface area contributed by atoms with Gasteiger partial charge in [0.2, 0.25) is 15.9 Å². The first-order valence-electron chi connectivity index (χ1n) is 8.33. The molecule has 1 heterocycles. The largest absolute Gasteiger partial charge is 0.475 e. The SMILES string of the molecule is Cc1ccc(-c2ccc(OCCNS(=O)(=O)c3ccc(F)c(Cl)c3)nn2)cc1. The van der Waals surface area contributed by atoms with Crippen molar-refractivity contribution < 1.29 is 17.5 Å². The first-order chi connectivity index (χ1) is 13.3. The van der Waals surface area contributed by atoms with Crippen LogP contribution < -0.4 is 9.46 Å². The van der Waals surface area contributed by atoms with Crippen molar-refractivity contribution in [2.24, 2.45) is 0 Å². The van der Waals surface area contributed by atoms with E-state index in [2.05, 4.69) is 14.9 Å². The zero-order valence-electron chi connectivity index (χ0n) is 14.9. The molecule has 28 heavy (non-hydrogen) atoms. The van der Waals surface area contributed by atoms with E-state index in [1.165, 1.54) is 0 Å². The summed E-state index contributed by atoms with van der Waals surface area (Å²) in [7, 11) is -3.82. The molecule has 2 aromatic carbocycles. The maximum atomic E-state index is 13.2. The second kappa shape index (κ2) is 8.64. The van der Waals surface area contributed by atoms with Gasteiger partial charge in [0.25, 0.3) is 0 Å². The maximum absolute atomic E-state index is 13.2. The number of nitrogens with one attached hydrogen (secondary N) is 1. The lowest BCUT2D eigenvalue weighted by Crippen LogP contribution is -2.28. The normalized spacial score (nSPS) is 11.4. The van der Waals surface area contributed by atoms with Crippen LogP contribution in [0.25, 0.3) is 11.3 Å². The Morgan fingerprint density at radius 1 is 1.07 bits per heavy atom. The van der Waals surface area contributed by atoms with Gasteiger partial charge >= 0.3 is 0 Å². The third-order valence-corrected chi connectivity index (χ3v) is 5.58. The standard InChI is InChI=1S/C19H17ClFN3O3S/c1-13-2-4-14(5-3-13)18-8-9-19(24-23-18)27-11-10-22-28(25,26)15-6-7-17(21)16(20)12-15/h2-9,12,22H,10-11H2,1H3. The summed E-state index contributed by atoms with van der Waals surface area (Å²) in [6, 6.07) is 14.5. The summed E-state index contributed by atoms with van der Waals surface area (Å²) < 4.78 is 45.2. The van der Waals surface area contributed by atoms with Crippen molar-refractivity contribution in [2.75, 3.05) is 13.2 Å². The number of hydrogen-bond acceptors (Lipinski definition) is 5. The average molecular weight is 422 g/mol. The molecule has 3 rings (SSSR count). The number of hydrogen-bond donors (Lipinski definition) is 1. The van der Waals surface area contributed by atoms with Gasteiger partial charge in [0.1, 0.15) is 12.4 Å². The monoisotopic (exact) mass is 421 g/mol. The average Bonchev–Trinajstić information content (AvgIpc) is 2.68. The second-order valence-corrected chi connectivity index (χ2v) is 8.12. The number of nitrogens with zero attached hydrogens (tertiary/aromatic N) is 2.